The lowest BCUT2D eigenvalue weighted by Crippen LogP contribution is -2.23. The van der Waals surface area contributed by atoms with Gasteiger partial charge in [0, 0.05) is 30.9 Å². The average Bonchev–Trinajstić information content (AvgIpc) is 2.56. The van der Waals surface area contributed by atoms with Crippen molar-refractivity contribution in [2.75, 3.05) is 19.4 Å². The molecule has 0 aliphatic heterocycles. The van der Waals surface area contributed by atoms with Crippen LogP contribution in [0.25, 0.3) is 0 Å². The number of Topliss-reactive ketones (excluding diaryl/α,β-unsaturated/α-hetero) is 1. The molecule has 138 valence electrons. The van der Waals surface area contributed by atoms with Gasteiger partial charge in [-0.05, 0) is 50.1 Å². The summed E-state index contributed by atoms with van der Waals surface area (Å²) in [6.45, 7) is 4.95. The van der Waals surface area contributed by atoms with Gasteiger partial charge in [-0.1, -0.05) is 18.2 Å². The molecule has 0 bridgehead atoms. The van der Waals surface area contributed by atoms with E-state index in [1.165, 1.54) is 27.1 Å². The van der Waals surface area contributed by atoms with E-state index in [1.807, 2.05) is 6.92 Å². The maximum atomic E-state index is 12.6. The fourth-order valence-corrected chi connectivity index (χ4v) is 3.53. The number of amides is 1. The molecule has 1 N–H and O–H groups in total. The number of anilines is 1. The maximum absolute atomic E-state index is 12.6. The van der Waals surface area contributed by atoms with Crippen LogP contribution in [0.2, 0.25) is 0 Å². The molecule has 0 unspecified atom stereocenters. The first-order chi connectivity index (χ1) is 12.0. The Hall–Kier alpha value is -2.51. The van der Waals surface area contributed by atoms with Crippen molar-refractivity contribution in [2.24, 2.45) is 0 Å². The summed E-state index contributed by atoms with van der Waals surface area (Å²) in [4.78, 5) is 24.2. The van der Waals surface area contributed by atoms with Crippen molar-refractivity contribution in [1.29, 1.82) is 0 Å². The van der Waals surface area contributed by atoms with E-state index in [1.54, 1.807) is 37.3 Å². The molecule has 0 heterocycles. The molecular formula is C19H22N2O4S. The van der Waals surface area contributed by atoms with Gasteiger partial charge in [0.05, 0.1) is 4.90 Å². The summed E-state index contributed by atoms with van der Waals surface area (Å²) in [6.07, 6.45) is 0. The van der Waals surface area contributed by atoms with Gasteiger partial charge < -0.3 is 5.32 Å². The molecule has 7 heteroatoms. The number of ketones is 1. The molecule has 2 aromatic carbocycles. The molecule has 1 amide bonds. The first-order valence-electron chi connectivity index (χ1n) is 8.00. The number of hydrogen-bond acceptors (Lipinski definition) is 4. The number of hydrogen-bond donors (Lipinski definition) is 1. The second-order valence-corrected chi connectivity index (χ2v) is 8.43. The van der Waals surface area contributed by atoms with Crippen LogP contribution < -0.4 is 5.32 Å². The smallest absolute Gasteiger partial charge is 0.255 e. The van der Waals surface area contributed by atoms with E-state index in [0.29, 0.717) is 16.8 Å². The van der Waals surface area contributed by atoms with Crippen LogP contribution in [0.5, 0.6) is 0 Å². The van der Waals surface area contributed by atoms with Crippen molar-refractivity contribution in [2.45, 2.75) is 25.7 Å². The van der Waals surface area contributed by atoms with E-state index in [4.69, 9.17) is 0 Å². The normalized spacial score (nSPS) is 11.5. The van der Waals surface area contributed by atoms with E-state index < -0.39 is 15.9 Å². The van der Waals surface area contributed by atoms with Crippen LogP contribution in [-0.4, -0.2) is 38.5 Å². The van der Waals surface area contributed by atoms with E-state index in [-0.39, 0.29) is 16.2 Å². The predicted octanol–water partition coefficient (Wildman–Crippen LogP) is 3.01. The molecule has 0 saturated heterocycles. The van der Waals surface area contributed by atoms with Gasteiger partial charge in [0.1, 0.15) is 0 Å². The Morgan fingerprint density at radius 1 is 0.923 bits per heavy atom. The minimum Gasteiger partial charge on any atom is -0.322 e. The van der Waals surface area contributed by atoms with Gasteiger partial charge in [0.15, 0.2) is 5.78 Å². The highest BCUT2D eigenvalue weighted by Gasteiger charge is 2.21. The molecule has 26 heavy (non-hydrogen) atoms. The van der Waals surface area contributed by atoms with E-state index in [0.717, 1.165) is 9.87 Å². The minimum atomic E-state index is -3.65. The van der Waals surface area contributed by atoms with Gasteiger partial charge in [0.2, 0.25) is 10.0 Å². The number of nitrogens with one attached hydrogen (secondary N) is 1. The molecular weight excluding hydrogens is 352 g/mol. The van der Waals surface area contributed by atoms with E-state index in [9.17, 15) is 18.0 Å². The zero-order valence-corrected chi connectivity index (χ0v) is 16.3. The summed E-state index contributed by atoms with van der Waals surface area (Å²) in [6, 6.07) is 9.60. The summed E-state index contributed by atoms with van der Waals surface area (Å²) in [5.41, 5.74) is 2.59. The van der Waals surface area contributed by atoms with Crippen LogP contribution in [-0.2, 0) is 10.0 Å². The molecule has 0 saturated carbocycles. The molecule has 0 radical (unpaired) electrons. The van der Waals surface area contributed by atoms with Gasteiger partial charge in [0.25, 0.3) is 5.91 Å². The van der Waals surface area contributed by atoms with Gasteiger partial charge in [-0.25, -0.2) is 12.7 Å². The zero-order chi connectivity index (χ0) is 19.6. The summed E-state index contributed by atoms with van der Waals surface area (Å²) in [5.74, 6) is -0.542. The van der Waals surface area contributed by atoms with Gasteiger partial charge in [-0.3, -0.25) is 9.59 Å². The van der Waals surface area contributed by atoms with Crippen molar-refractivity contribution in [3.8, 4) is 0 Å². The number of benzene rings is 2. The van der Waals surface area contributed by atoms with Crippen LogP contribution in [0, 0.1) is 13.8 Å². The van der Waals surface area contributed by atoms with Crippen LogP contribution in [0.1, 0.15) is 38.8 Å². The van der Waals surface area contributed by atoms with E-state index in [2.05, 4.69) is 5.32 Å². The highest BCUT2D eigenvalue weighted by atomic mass is 32.2. The van der Waals surface area contributed by atoms with Crippen molar-refractivity contribution in [3.05, 3.63) is 58.7 Å². The monoisotopic (exact) mass is 374 g/mol. The average molecular weight is 374 g/mol. The Labute approximate surface area is 153 Å². The predicted molar refractivity (Wildman–Crippen MR) is 101 cm³/mol. The lowest BCUT2D eigenvalue weighted by atomic mass is 10.1. The van der Waals surface area contributed by atoms with Gasteiger partial charge in [-0.2, -0.15) is 0 Å². The van der Waals surface area contributed by atoms with Gasteiger partial charge in [-0.15, -0.1) is 0 Å². The first kappa shape index (κ1) is 19.8. The third-order valence-electron chi connectivity index (χ3n) is 4.10. The van der Waals surface area contributed by atoms with Crippen LogP contribution >= 0.6 is 0 Å². The van der Waals surface area contributed by atoms with Crippen molar-refractivity contribution >= 4 is 27.4 Å². The Morgan fingerprint density at radius 2 is 1.50 bits per heavy atom. The first-order valence-corrected chi connectivity index (χ1v) is 9.44. The standard InChI is InChI=1S/C19H22N2O4S/c1-12-6-8-15(14(3)22)10-17(12)20-19(23)16-9-7-13(2)18(11-16)26(24,25)21(4)5/h6-11H,1-5H3,(H,20,23). The molecule has 0 aliphatic carbocycles. The highest BCUT2D eigenvalue weighted by molar-refractivity contribution is 7.89. The molecule has 6 nitrogen and oxygen atoms in total. The maximum Gasteiger partial charge on any atom is 0.255 e. The van der Waals surface area contributed by atoms with Crippen molar-refractivity contribution in [3.63, 3.8) is 0 Å². The fourth-order valence-electron chi connectivity index (χ4n) is 2.39. The summed E-state index contributed by atoms with van der Waals surface area (Å²) < 4.78 is 25.9. The number of carbonyl (C=O) groups excluding carboxylic acids is 2. The van der Waals surface area contributed by atoms with Gasteiger partial charge >= 0.3 is 0 Å². The molecule has 0 spiro atoms. The molecule has 0 aromatic heterocycles. The highest BCUT2D eigenvalue weighted by Crippen LogP contribution is 2.22. The SMILES string of the molecule is CC(=O)c1ccc(C)c(NC(=O)c2ccc(C)c(S(=O)(=O)N(C)C)c2)c1. The third kappa shape index (κ3) is 4.00. The Bertz CT molecular complexity index is 979. The molecule has 2 aromatic rings. The summed E-state index contributed by atoms with van der Waals surface area (Å²) in [5, 5.41) is 2.75. The topological polar surface area (TPSA) is 83.5 Å². The Kier molecular flexibility index (Phi) is 5.63. The lowest BCUT2D eigenvalue weighted by Gasteiger charge is -2.15. The second-order valence-electron chi connectivity index (χ2n) is 6.31. The van der Waals surface area contributed by atoms with E-state index >= 15 is 0 Å². The zero-order valence-electron chi connectivity index (χ0n) is 15.5. The number of aryl methyl sites for hydroxylation is 2. The second kappa shape index (κ2) is 7.39. The number of rotatable bonds is 5. The van der Waals surface area contributed by atoms with Crippen LogP contribution in [0.15, 0.2) is 41.3 Å². The number of nitrogens with zero attached hydrogens (tertiary/aromatic N) is 1. The number of carbonyl (C=O) groups is 2. The summed E-state index contributed by atoms with van der Waals surface area (Å²) in [7, 11) is -0.769. The number of sulfonamides is 1. The van der Waals surface area contributed by atoms with Crippen LogP contribution in [0.3, 0.4) is 0 Å². The van der Waals surface area contributed by atoms with Crippen molar-refractivity contribution in [1.82, 2.24) is 4.31 Å². The molecule has 0 fully saturated rings. The minimum absolute atomic E-state index is 0.0874. The fraction of sp³-hybridized carbons (Fsp3) is 0.263. The third-order valence-corrected chi connectivity index (χ3v) is 6.06. The molecule has 0 atom stereocenters. The largest absolute Gasteiger partial charge is 0.322 e. The van der Waals surface area contributed by atoms with Crippen molar-refractivity contribution < 1.29 is 18.0 Å². The quantitative estimate of drug-likeness (QED) is 0.816. The Balaban J connectivity index is 2.40. The lowest BCUT2D eigenvalue weighted by molar-refractivity contribution is 0.101. The molecule has 2 rings (SSSR count). The summed E-state index contributed by atoms with van der Waals surface area (Å²) >= 11 is 0. The molecule has 0 aliphatic rings. The Morgan fingerprint density at radius 3 is 2.08 bits per heavy atom. The van der Waals surface area contributed by atoms with Crippen LogP contribution in [0.4, 0.5) is 5.69 Å².